The summed E-state index contributed by atoms with van der Waals surface area (Å²) in [6.45, 7) is 1.96. The molecule has 0 aromatic carbocycles. The number of aromatic nitrogens is 2. The molecule has 102 valence electrons. The standard InChI is InChI=1S/C14H17BrN2O2/c1-9-13(15)11(17(2)16-9)8-14(18)6-3-4-12-10(14)5-7-19-12/h5,7,18H,3-4,6,8H2,1-2H3. The second-order valence-corrected chi connectivity index (χ2v) is 6.08. The van der Waals surface area contributed by atoms with E-state index < -0.39 is 5.60 Å². The summed E-state index contributed by atoms with van der Waals surface area (Å²) in [7, 11) is 1.91. The van der Waals surface area contributed by atoms with Crippen LogP contribution in [0.1, 0.15) is 35.6 Å². The Labute approximate surface area is 120 Å². The van der Waals surface area contributed by atoms with Crippen LogP contribution in [0.2, 0.25) is 0 Å². The molecule has 0 radical (unpaired) electrons. The molecule has 2 aromatic rings. The van der Waals surface area contributed by atoms with E-state index >= 15 is 0 Å². The van der Waals surface area contributed by atoms with Crippen molar-refractivity contribution in [3.8, 4) is 0 Å². The summed E-state index contributed by atoms with van der Waals surface area (Å²) < 4.78 is 8.28. The maximum atomic E-state index is 11.0. The van der Waals surface area contributed by atoms with Crippen molar-refractivity contribution in [2.45, 2.75) is 38.2 Å². The van der Waals surface area contributed by atoms with Crippen molar-refractivity contribution < 1.29 is 9.52 Å². The van der Waals surface area contributed by atoms with Gasteiger partial charge in [-0.3, -0.25) is 4.68 Å². The lowest BCUT2D eigenvalue weighted by Crippen LogP contribution is -2.33. The Morgan fingerprint density at radius 3 is 3.05 bits per heavy atom. The average molecular weight is 325 g/mol. The lowest BCUT2D eigenvalue weighted by molar-refractivity contribution is 0.0150. The number of halogens is 1. The molecule has 0 saturated carbocycles. The quantitative estimate of drug-likeness (QED) is 0.924. The summed E-state index contributed by atoms with van der Waals surface area (Å²) >= 11 is 3.56. The van der Waals surface area contributed by atoms with Crippen LogP contribution in [0.25, 0.3) is 0 Å². The van der Waals surface area contributed by atoms with Gasteiger partial charge in [-0.1, -0.05) is 0 Å². The number of furan rings is 1. The zero-order chi connectivity index (χ0) is 13.6. The van der Waals surface area contributed by atoms with E-state index in [2.05, 4.69) is 21.0 Å². The van der Waals surface area contributed by atoms with E-state index in [0.717, 1.165) is 46.4 Å². The monoisotopic (exact) mass is 324 g/mol. The van der Waals surface area contributed by atoms with Gasteiger partial charge in [0.15, 0.2) is 0 Å². The van der Waals surface area contributed by atoms with Crippen LogP contribution >= 0.6 is 15.9 Å². The van der Waals surface area contributed by atoms with Gasteiger partial charge in [-0.05, 0) is 41.8 Å². The number of aryl methyl sites for hydroxylation is 3. The minimum Gasteiger partial charge on any atom is -0.469 e. The summed E-state index contributed by atoms with van der Waals surface area (Å²) in [6, 6.07) is 1.89. The first-order chi connectivity index (χ1) is 9.01. The zero-order valence-electron chi connectivity index (χ0n) is 11.1. The number of rotatable bonds is 2. The van der Waals surface area contributed by atoms with Gasteiger partial charge in [-0.15, -0.1) is 0 Å². The SMILES string of the molecule is Cc1nn(C)c(CC2(O)CCCc3occc32)c1Br. The molecular formula is C14H17BrN2O2. The van der Waals surface area contributed by atoms with Crippen LogP contribution in [0, 0.1) is 6.92 Å². The Hall–Kier alpha value is -1.07. The molecule has 2 heterocycles. The smallest absolute Gasteiger partial charge is 0.109 e. The van der Waals surface area contributed by atoms with E-state index in [1.165, 1.54) is 0 Å². The van der Waals surface area contributed by atoms with Gasteiger partial charge in [0, 0.05) is 25.5 Å². The minimum atomic E-state index is -0.844. The number of nitrogens with zero attached hydrogens (tertiary/aromatic N) is 2. The van der Waals surface area contributed by atoms with Crippen LogP contribution in [0.15, 0.2) is 21.2 Å². The molecule has 19 heavy (non-hydrogen) atoms. The van der Waals surface area contributed by atoms with Crippen molar-refractivity contribution >= 4 is 15.9 Å². The van der Waals surface area contributed by atoms with Crippen LogP contribution in [0.3, 0.4) is 0 Å². The summed E-state index contributed by atoms with van der Waals surface area (Å²) in [5.41, 5.74) is 2.06. The van der Waals surface area contributed by atoms with Crippen LogP contribution in [0.5, 0.6) is 0 Å². The van der Waals surface area contributed by atoms with E-state index in [0.29, 0.717) is 6.42 Å². The van der Waals surface area contributed by atoms with E-state index in [-0.39, 0.29) is 0 Å². The van der Waals surface area contributed by atoms with E-state index in [1.54, 1.807) is 6.26 Å². The number of hydrogen-bond donors (Lipinski definition) is 1. The molecule has 0 saturated heterocycles. The Bertz CT molecular complexity index is 617. The predicted octanol–water partition coefficient (Wildman–Crippen LogP) is 2.85. The van der Waals surface area contributed by atoms with Crippen molar-refractivity contribution in [3.05, 3.63) is 39.5 Å². The van der Waals surface area contributed by atoms with Gasteiger partial charge in [0.25, 0.3) is 0 Å². The fraction of sp³-hybridized carbons (Fsp3) is 0.500. The fourth-order valence-electron chi connectivity index (χ4n) is 2.96. The first kappa shape index (κ1) is 12.9. The van der Waals surface area contributed by atoms with Gasteiger partial charge >= 0.3 is 0 Å². The first-order valence-corrected chi connectivity index (χ1v) is 7.28. The lowest BCUT2D eigenvalue weighted by Gasteiger charge is -2.31. The van der Waals surface area contributed by atoms with Gasteiger partial charge in [-0.25, -0.2) is 0 Å². The maximum absolute atomic E-state index is 11.0. The minimum absolute atomic E-state index is 0.553. The van der Waals surface area contributed by atoms with Crippen molar-refractivity contribution in [3.63, 3.8) is 0 Å². The molecule has 0 bridgehead atoms. The molecule has 0 amide bonds. The molecule has 3 rings (SSSR count). The van der Waals surface area contributed by atoms with Crippen LogP contribution in [-0.2, 0) is 25.5 Å². The first-order valence-electron chi connectivity index (χ1n) is 6.48. The molecule has 5 heteroatoms. The van der Waals surface area contributed by atoms with E-state index in [9.17, 15) is 5.11 Å². The summed E-state index contributed by atoms with van der Waals surface area (Å²) in [6.07, 6.45) is 4.85. The van der Waals surface area contributed by atoms with Crippen LogP contribution < -0.4 is 0 Å². The second-order valence-electron chi connectivity index (χ2n) is 5.29. The molecule has 1 unspecified atom stereocenters. The average Bonchev–Trinajstić information content (AvgIpc) is 2.92. The van der Waals surface area contributed by atoms with Gasteiger partial charge in [0.2, 0.25) is 0 Å². The van der Waals surface area contributed by atoms with Gasteiger partial charge in [0.05, 0.1) is 27.7 Å². The van der Waals surface area contributed by atoms with E-state index in [4.69, 9.17) is 4.42 Å². The van der Waals surface area contributed by atoms with Crippen molar-refractivity contribution in [2.24, 2.45) is 7.05 Å². The van der Waals surface area contributed by atoms with Crippen molar-refractivity contribution in [1.29, 1.82) is 0 Å². The largest absolute Gasteiger partial charge is 0.469 e. The van der Waals surface area contributed by atoms with Gasteiger partial charge in [-0.2, -0.15) is 5.10 Å². The van der Waals surface area contributed by atoms with Gasteiger partial charge in [0.1, 0.15) is 5.76 Å². The number of hydrogen-bond acceptors (Lipinski definition) is 3. The highest BCUT2D eigenvalue weighted by atomic mass is 79.9. The molecule has 1 N–H and O–H groups in total. The number of fused-ring (bicyclic) bond motifs is 1. The second kappa shape index (κ2) is 4.49. The summed E-state index contributed by atoms with van der Waals surface area (Å²) in [5, 5.41) is 15.4. The fourth-order valence-corrected chi connectivity index (χ4v) is 3.43. The lowest BCUT2D eigenvalue weighted by atomic mass is 9.80. The number of aliphatic hydroxyl groups is 1. The molecule has 1 atom stereocenters. The molecule has 4 nitrogen and oxygen atoms in total. The summed E-state index contributed by atoms with van der Waals surface area (Å²) in [4.78, 5) is 0. The van der Waals surface area contributed by atoms with Crippen molar-refractivity contribution in [1.82, 2.24) is 9.78 Å². The highest BCUT2D eigenvalue weighted by molar-refractivity contribution is 9.10. The topological polar surface area (TPSA) is 51.2 Å². The van der Waals surface area contributed by atoms with Crippen molar-refractivity contribution in [2.75, 3.05) is 0 Å². The normalized spacial score (nSPS) is 22.5. The third-order valence-corrected chi connectivity index (χ3v) is 4.99. The Kier molecular flexibility index (Phi) is 3.06. The highest BCUT2D eigenvalue weighted by Gasteiger charge is 2.37. The van der Waals surface area contributed by atoms with Gasteiger partial charge < -0.3 is 9.52 Å². The zero-order valence-corrected chi connectivity index (χ0v) is 12.7. The summed E-state index contributed by atoms with van der Waals surface area (Å²) in [5.74, 6) is 0.920. The molecule has 0 spiro atoms. The molecule has 1 aliphatic rings. The third kappa shape index (κ3) is 2.05. The molecular weight excluding hydrogens is 308 g/mol. The van der Waals surface area contributed by atoms with E-state index in [1.807, 2.05) is 24.7 Å². The molecule has 2 aromatic heterocycles. The predicted molar refractivity (Wildman–Crippen MR) is 74.9 cm³/mol. The molecule has 0 aliphatic heterocycles. The Balaban J connectivity index is 2.00. The van der Waals surface area contributed by atoms with Crippen LogP contribution in [0.4, 0.5) is 0 Å². The Morgan fingerprint density at radius 2 is 2.37 bits per heavy atom. The third-order valence-electron chi connectivity index (χ3n) is 3.96. The Morgan fingerprint density at radius 1 is 1.58 bits per heavy atom. The molecule has 0 fully saturated rings. The maximum Gasteiger partial charge on any atom is 0.109 e. The molecule has 1 aliphatic carbocycles. The highest BCUT2D eigenvalue weighted by Crippen LogP contribution is 2.39. The van der Waals surface area contributed by atoms with Crippen LogP contribution in [-0.4, -0.2) is 14.9 Å².